The maximum atomic E-state index is 12.6. The summed E-state index contributed by atoms with van der Waals surface area (Å²) in [5.74, 6) is 1.13. The molecule has 2 saturated heterocycles. The van der Waals surface area contributed by atoms with Crippen molar-refractivity contribution in [2.45, 2.75) is 64.2 Å². The first-order valence-electron chi connectivity index (χ1n) is 9.45. The van der Waals surface area contributed by atoms with Gasteiger partial charge in [-0.15, -0.1) is 0 Å². The van der Waals surface area contributed by atoms with Crippen LogP contribution in [0.25, 0.3) is 0 Å². The SMILES string of the molecule is CC1CN(CC2CCN(C(=O)C3CCCC3N)CC2)CC(C)O1. The van der Waals surface area contributed by atoms with Crippen LogP contribution < -0.4 is 5.73 Å². The highest BCUT2D eigenvalue weighted by atomic mass is 16.5. The second kappa shape index (κ2) is 7.49. The Kier molecular flexibility index (Phi) is 5.60. The van der Waals surface area contributed by atoms with Crippen molar-refractivity contribution in [2.75, 3.05) is 32.7 Å². The molecule has 0 radical (unpaired) electrons. The number of hydrogen-bond donors (Lipinski definition) is 1. The summed E-state index contributed by atoms with van der Waals surface area (Å²) >= 11 is 0. The van der Waals surface area contributed by atoms with Crippen LogP contribution >= 0.6 is 0 Å². The molecule has 1 saturated carbocycles. The van der Waals surface area contributed by atoms with E-state index in [1.165, 1.54) is 0 Å². The third-order valence-electron chi connectivity index (χ3n) is 5.82. The fraction of sp³-hybridized carbons (Fsp3) is 0.944. The van der Waals surface area contributed by atoms with E-state index in [-0.39, 0.29) is 12.0 Å². The van der Waals surface area contributed by atoms with Gasteiger partial charge in [0.2, 0.25) is 5.91 Å². The Hall–Kier alpha value is -0.650. The standard InChI is InChI=1S/C18H33N3O2/c1-13-10-20(11-14(2)23-13)12-15-6-8-21(9-7-15)18(22)16-4-3-5-17(16)19/h13-17H,3-12,19H2,1-2H3. The van der Waals surface area contributed by atoms with E-state index < -0.39 is 0 Å². The highest BCUT2D eigenvalue weighted by molar-refractivity contribution is 5.80. The summed E-state index contributed by atoms with van der Waals surface area (Å²) in [6.45, 7) is 9.40. The Morgan fingerprint density at radius 2 is 1.74 bits per heavy atom. The van der Waals surface area contributed by atoms with Crippen LogP contribution in [0.4, 0.5) is 0 Å². The van der Waals surface area contributed by atoms with Gasteiger partial charge in [-0.05, 0) is 45.4 Å². The molecule has 3 aliphatic rings. The van der Waals surface area contributed by atoms with Gasteiger partial charge in [-0.2, -0.15) is 0 Å². The minimum atomic E-state index is 0.0903. The number of ether oxygens (including phenoxy) is 1. The van der Waals surface area contributed by atoms with Crippen molar-refractivity contribution in [3.63, 3.8) is 0 Å². The smallest absolute Gasteiger partial charge is 0.227 e. The number of piperidine rings is 1. The Morgan fingerprint density at radius 3 is 2.30 bits per heavy atom. The molecule has 2 N–H and O–H groups in total. The van der Waals surface area contributed by atoms with Crippen LogP contribution in [0.3, 0.4) is 0 Å². The first kappa shape index (κ1) is 17.2. The van der Waals surface area contributed by atoms with E-state index in [0.717, 1.165) is 64.8 Å². The molecule has 5 nitrogen and oxygen atoms in total. The van der Waals surface area contributed by atoms with Crippen molar-refractivity contribution in [3.05, 3.63) is 0 Å². The maximum absolute atomic E-state index is 12.6. The number of amides is 1. The Balaban J connectivity index is 1.44. The summed E-state index contributed by atoms with van der Waals surface area (Å²) in [5, 5.41) is 0. The van der Waals surface area contributed by atoms with Gasteiger partial charge >= 0.3 is 0 Å². The lowest BCUT2D eigenvalue weighted by atomic mass is 9.93. The fourth-order valence-electron chi connectivity index (χ4n) is 4.66. The molecule has 4 atom stereocenters. The number of rotatable bonds is 3. The van der Waals surface area contributed by atoms with Crippen molar-refractivity contribution in [1.29, 1.82) is 0 Å². The van der Waals surface area contributed by atoms with E-state index in [4.69, 9.17) is 10.5 Å². The zero-order valence-electron chi connectivity index (χ0n) is 14.7. The van der Waals surface area contributed by atoms with Crippen LogP contribution in [0.2, 0.25) is 0 Å². The summed E-state index contributed by atoms with van der Waals surface area (Å²) in [7, 11) is 0. The molecule has 23 heavy (non-hydrogen) atoms. The second-order valence-corrected chi connectivity index (χ2v) is 7.95. The van der Waals surface area contributed by atoms with Crippen molar-refractivity contribution in [1.82, 2.24) is 9.80 Å². The highest BCUT2D eigenvalue weighted by Gasteiger charge is 2.35. The van der Waals surface area contributed by atoms with E-state index in [1.807, 2.05) is 0 Å². The van der Waals surface area contributed by atoms with Gasteiger partial charge in [0.05, 0.1) is 18.1 Å². The molecule has 5 heteroatoms. The molecule has 3 fully saturated rings. The van der Waals surface area contributed by atoms with Crippen LogP contribution in [0.5, 0.6) is 0 Å². The molecule has 0 aromatic rings. The zero-order chi connectivity index (χ0) is 16.4. The van der Waals surface area contributed by atoms with E-state index in [1.54, 1.807) is 0 Å². The first-order chi connectivity index (χ1) is 11.0. The van der Waals surface area contributed by atoms with Crippen LogP contribution in [-0.4, -0.2) is 66.7 Å². The molecule has 0 bridgehead atoms. The molecule has 2 heterocycles. The molecule has 132 valence electrons. The van der Waals surface area contributed by atoms with Gasteiger partial charge in [0.1, 0.15) is 0 Å². The van der Waals surface area contributed by atoms with Gasteiger partial charge in [0, 0.05) is 38.8 Å². The number of nitrogens with two attached hydrogens (primary N) is 1. The van der Waals surface area contributed by atoms with Crippen molar-refractivity contribution >= 4 is 5.91 Å². The van der Waals surface area contributed by atoms with Crippen molar-refractivity contribution < 1.29 is 9.53 Å². The van der Waals surface area contributed by atoms with Crippen molar-refractivity contribution in [3.8, 4) is 0 Å². The average Bonchev–Trinajstić information content (AvgIpc) is 2.92. The number of carbonyl (C=O) groups excluding carboxylic acids is 1. The van der Waals surface area contributed by atoms with Crippen LogP contribution in [0, 0.1) is 11.8 Å². The lowest BCUT2D eigenvalue weighted by molar-refractivity contribution is -0.137. The molecule has 3 rings (SSSR count). The highest BCUT2D eigenvalue weighted by Crippen LogP contribution is 2.28. The molecule has 2 aliphatic heterocycles. The van der Waals surface area contributed by atoms with E-state index >= 15 is 0 Å². The second-order valence-electron chi connectivity index (χ2n) is 7.95. The Bertz CT molecular complexity index is 399. The summed E-state index contributed by atoms with van der Waals surface area (Å²) in [4.78, 5) is 17.2. The van der Waals surface area contributed by atoms with E-state index in [9.17, 15) is 4.79 Å². The lowest BCUT2D eigenvalue weighted by Crippen LogP contribution is -2.49. The minimum Gasteiger partial charge on any atom is -0.373 e. The average molecular weight is 323 g/mol. The first-order valence-corrected chi connectivity index (χ1v) is 9.45. The van der Waals surface area contributed by atoms with Crippen molar-refractivity contribution in [2.24, 2.45) is 17.6 Å². The number of nitrogens with zero attached hydrogens (tertiary/aromatic N) is 2. The van der Waals surface area contributed by atoms with Crippen LogP contribution in [0.15, 0.2) is 0 Å². The van der Waals surface area contributed by atoms with Gasteiger partial charge in [0.15, 0.2) is 0 Å². The molecule has 0 spiro atoms. The molecule has 0 aromatic heterocycles. The number of likely N-dealkylation sites (tertiary alicyclic amines) is 1. The Labute approximate surface area is 140 Å². The molecule has 1 aliphatic carbocycles. The molecule has 4 unspecified atom stereocenters. The molecular weight excluding hydrogens is 290 g/mol. The van der Waals surface area contributed by atoms with Gasteiger partial charge in [-0.25, -0.2) is 0 Å². The number of carbonyl (C=O) groups is 1. The zero-order valence-corrected chi connectivity index (χ0v) is 14.7. The fourth-order valence-corrected chi connectivity index (χ4v) is 4.66. The molecule has 1 amide bonds. The van der Waals surface area contributed by atoms with Gasteiger partial charge < -0.3 is 15.4 Å². The molecular formula is C18H33N3O2. The predicted molar refractivity (Wildman–Crippen MR) is 91.1 cm³/mol. The largest absolute Gasteiger partial charge is 0.373 e. The normalized spacial score (nSPS) is 37.3. The summed E-state index contributed by atoms with van der Waals surface area (Å²) in [5.41, 5.74) is 6.10. The van der Waals surface area contributed by atoms with Gasteiger partial charge in [-0.3, -0.25) is 9.69 Å². The predicted octanol–water partition coefficient (Wildman–Crippen LogP) is 1.46. The minimum absolute atomic E-state index is 0.0903. The number of hydrogen-bond acceptors (Lipinski definition) is 4. The molecule has 0 aromatic carbocycles. The summed E-state index contributed by atoms with van der Waals surface area (Å²) in [6, 6.07) is 0.0940. The third-order valence-corrected chi connectivity index (χ3v) is 5.82. The Morgan fingerprint density at radius 1 is 1.09 bits per heavy atom. The summed E-state index contributed by atoms with van der Waals surface area (Å²) < 4.78 is 5.81. The third kappa shape index (κ3) is 4.25. The monoisotopic (exact) mass is 323 g/mol. The topological polar surface area (TPSA) is 58.8 Å². The number of morpholine rings is 1. The van der Waals surface area contributed by atoms with Crippen LogP contribution in [-0.2, 0) is 9.53 Å². The van der Waals surface area contributed by atoms with Gasteiger partial charge in [-0.1, -0.05) is 6.42 Å². The van der Waals surface area contributed by atoms with E-state index in [0.29, 0.717) is 24.0 Å². The van der Waals surface area contributed by atoms with E-state index in [2.05, 4.69) is 23.6 Å². The quantitative estimate of drug-likeness (QED) is 0.854. The van der Waals surface area contributed by atoms with Gasteiger partial charge in [0.25, 0.3) is 0 Å². The summed E-state index contributed by atoms with van der Waals surface area (Å²) in [6.07, 6.45) is 6.06. The maximum Gasteiger partial charge on any atom is 0.227 e. The lowest BCUT2D eigenvalue weighted by Gasteiger charge is -2.40. The van der Waals surface area contributed by atoms with Crippen LogP contribution in [0.1, 0.15) is 46.0 Å².